The van der Waals surface area contributed by atoms with Gasteiger partial charge in [0.1, 0.15) is 0 Å². The van der Waals surface area contributed by atoms with Crippen molar-refractivity contribution < 1.29 is 20.4 Å². The van der Waals surface area contributed by atoms with Gasteiger partial charge in [-0.2, -0.15) is 0 Å². The zero-order valence-electron chi connectivity index (χ0n) is 16.6. The van der Waals surface area contributed by atoms with Crippen LogP contribution in [0.5, 0.6) is 0 Å². The molecule has 0 fully saturated rings. The maximum absolute atomic E-state index is 8.16. The van der Waals surface area contributed by atoms with E-state index in [0.717, 1.165) is 19.6 Å². The molecule has 1 aliphatic rings. The molecule has 0 atom stereocenters. The van der Waals surface area contributed by atoms with Crippen LogP contribution in [0.3, 0.4) is 0 Å². The Morgan fingerprint density at radius 1 is 1.13 bits per heavy atom. The van der Waals surface area contributed by atoms with E-state index in [1.54, 1.807) is 19.1 Å². The number of hydrogen-bond donors (Lipinski definition) is 2. The molecule has 0 amide bonds. The molecule has 0 saturated heterocycles. The highest BCUT2D eigenvalue weighted by molar-refractivity contribution is 6.70. The van der Waals surface area contributed by atoms with Crippen LogP contribution in [0.2, 0.25) is 11.1 Å². The first-order valence-electron chi connectivity index (χ1n) is 9.22. The summed E-state index contributed by atoms with van der Waals surface area (Å²) in [6, 6.07) is 0. The zero-order chi connectivity index (χ0) is 18.8. The van der Waals surface area contributed by atoms with Crippen molar-refractivity contribution in [2.45, 2.75) is 65.4 Å². The van der Waals surface area contributed by atoms with E-state index in [2.05, 4.69) is 39.8 Å². The van der Waals surface area contributed by atoms with Gasteiger partial charge in [0, 0.05) is 14.6 Å². The smallest absolute Gasteiger partial charge is 0.343 e. The first-order valence-corrected chi connectivity index (χ1v) is 10.5. The van der Waals surface area contributed by atoms with Crippen molar-refractivity contribution >= 4 is 8.56 Å². The summed E-state index contributed by atoms with van der Waals surface area (Å²) in [5, 5.41) is 16.3. The molecule has 1 heterocycles. The fraction of sp³-hybridized carbons (Fsp3) is 0.778. The first kappa shape index (κ1) is 22.5. The van der Waals surface area contributed by atoms with Gasteiger partial charge in [0.15, 0.2) is 0 Å². The quantitative estimate of drug-likeness (QED) is 0.578. The van der Waals surface area contributed by atoms with Gasteiger partial charge in [-0.25, -0.2) is 0 Å². The van der Waals surface area contributed by atoms with E-state index in [4.69, 9.17) is 20.4 Å². The maximum Gasteiger partial charge on any atom is 0.343 e. The van der Waals surface area contributed by atoms with Crippen molar-refractivity contribution in [3.63, 3.8) is 0 Å². The average molecular weight is 348 g/mol. The van der Waals surface area contributed by atoms with Crippen LogP contribution in [0, 0.1) is 0 Å². The fourth-order valence-corrected chi connectivity index (χ4v) is 5.84. The molecular weight excluding hydrogens is 308 g/mol. The number of aliphatic hydroxyl groups is 2. The summed E-state index contributed by atoms with van der Waals surface area (Å²) in [5.74, 6) is 0. The van der Waals surface area contributed by atoms with Gasteiger partial charge in [-0.3, -0.25) is 0 Å². The SMILES string of the molecule is CC(C)[Si]1(C(C)C)OC/C=C\CCO1.OC/C=C\CCO.[2H]CC. The van der Waals surface area contributed by atoms with Crippen molar-refractivity contribution in [1.82, 2.24) is 0 Å². The van der Waals surface area contributed by atoms with Gasteiger partial charge in [-0.05, 0) is 23.9 Å². The molecule has 0 unspecified atom stereocenters. The summed E-state index contributed by atoms with van der Waals surface area (Å²) in [4.78, 5) is 0. The Morgan fingerprint density at radius 3 is 2.22 bits per heavy atom. The van der Waals surface area contributed by atoms with Crippen molar-refractivity contribution in [2.24, 2.45) is 0 Å². The Bertz CT molecular complexity index is 312. The highest BCUT2D eigenvalue weighted by Crippen LogP contribution is 2.35. The lowest BCUT2D eigenvalue weighted by molar-refractivity contribution is 0.165. The summed E-state index contributed by atoms with van der Waals surface area (Å²) in [6.07, 6.45) is 9.27. The van der Waals surface area contributed by atoms with Crippen LogP contribution in [-0.4, -0.2) is 45.2 Å². The summed E-state index contributed by atoms with van der Waals surface area (Å²) in [6.45, 7) is 12.9. The van der Waals surface area contributed by atoms with Crippen LogP contribution < -0.4 is 0 Å². The van der Waals surface area contributed by atoms with Crippen LogP contribution in [-0.2, 0) is 8.85 Å². The van der Waals surface area contributed by atoms with Gasteiger partial charge in [0.05, 0.1) is 13.2 Å². The lowest BCUT2D eigenvalue weighted by Gasteiger charge is -2.37. The van der Waals surface area contributed by atoms with Crippen molar-refractivity contribution in [2.75, 3.05) is 26.4 Å². The number of rotatable bonds is 5. The lowest BCUT2D eigenvalue weighted by Crippen LogP contribution is -2.48. The molecule has 0 saturated carbocycles. The molecule has 0 spiro atoms. The predicted molar refractivity (Wildman–Crippen MR) is 101 cm³/mol. The van der Waals surface area contributed by atoms with Crippen LogP contribution in [0.25, 0.3) is 0 Å². The van der Waals surface area contributed by atoms with E-state index in [0.29, 0.717) is 24.4 Å². The summed E-state index contributed by atoms with van der Waals surface area (Å²) in [7, 11) is -1.97. The number of aliphatic hydroxyl groups excluding tert-OH is 2. The van der Waals surface area contributed by atoms with Crippen LogP contribution in [0.15, 0.2) is 24.3 Å². The van der Waals surface area contributed by atoms with E-state index in [-0.39, 0.29) is 13.2 Å². The van der Waals surface area contributed by atoms with E-state index in [1.807, 2.05) is 0 Å². The Morgan fingerprint density at radius 2 is 1.74 bits per heavy atom. The third-order valence-electron chi connectivity index (χ3n) is 3.36. The maximum atomic E-state index is 8.16. The molecule has 0 aliphatic carbocycles. The Balaban J connectivity index is 0. The largest absolute Gasteiger partial charge is 0.396 e. The van der Waals surface area contributed by atoms with Crippen LogP contribution in [0.1, 0.15) is 55.7 Å². The normalized spacial score (nSPS) is 19.1. The predicted octanol–water partition coefficient (Wildman–Crippen LogP) is 4.19. The third-order valence-corrected chi connectivity index (χ3v) is 7.85. The second-order valence-electron chi connectivity index (χ2n) is 5.62. The summed E-state index contributed by atoms with van der Waals surface area (Å²) in [5.41, 5.74) is 1.04. The van der Waals surface area contributed by atoms with E-state index >= 15 is 0 Å². The van der Waals surface area contributed by atoms with Gasteiger partial charge in [0.25, 0.3) is 0 Å². The topological polar surface area (TPSA) is 58.9 Å². The summed E-state index contributed by atoms with van der Waals surface area (Å²) < 4.78 is 18.3. The second kappa shape index (κ2) is 16.4. The molecule has 138 valence electrons. The molecule has 2 N–H and O–H groups in total. The van der Waals surface area contributed by atoms with E-state index < -0.39 is 8.56 Å². The molecule has 0 bridgehead atoms. The van der Waals surface area contributed by atoms with Crippen molar-refractivity contribution in [3.05, 3.63) is 24.3 Å². The van der Waals surface area contributed by atoms with Crippen molar-refractivity contribution in [3.8, 4) is 0 Å². The average Bonchev–Trinajstić information content (AvgIpc) is 2.48. The lowest BCUT2D eigenvalue weighted by atomic mass is 10.4. The molecule has 0 aromatic rings. The molecular formula is C18H38O4Si. The molecule has 23 heavy (non-hydrogen) atoms. The highest BCUT2D eigenvalue weighted by Gasteiger charge is 2.44. The minimum absolute atomic E-state index is 0.0694. The molecule has 1 aliphatic heterocycles. The minimum atomic E-state index is -1.97. The Hall–Kier alpha value is -0.463. The first-order chi connectivity index (χ1) is 11.4. The minimum Gasteiger partial charge on any atom is -0.396 e. The van der Waals surface area contributed by atoms with Crippen LogP contribution in [0.4, 0.5) is 0 Å². The molecule has 0 radical (unpaired) electrons. The van der Waals surface area contributed by atoms with Gasteiger partial charge < -0.3 is 19.1 Å². The second-order valence-corrected chi connectivity index (χ2v) is 9.95. The third kappa shape index (κ3) is 10.8. The molecule has 1 rings (SSSR count). The Kier molecular flexibility index (Phi) is 16.1. The van der Waals surface area contributed by atoms with Crippen molar-refractivity contribution in [1.29, 1.82) is 0 Å². The highest BCUT2D eigenvalue weighted by atomic mass is 28.4. The van der Waals surface area contributed by atoms with Gasteiger partial charge in [-0.1, -0.05) is 65.8 Å². The van der Waals surface area contributed by atoms with Gasteiger partial charge in [-0.15, -0.1) is 0 Å². The number of hydrogen-bond acceptors (Lipinski definition) is 4. The molecule has 0 aromatic carbocycles. The Labute approximate surface area is 145 Å². The van der Waals surface area contributed by atoms with E-state index in [1.165, 1.54) is 0 Å². The zero-order valence-corrected chi connectivity index (χ0v) is 16.6. The molecule has 4 nitrogen and oxygen atoms in total. The molecule has 0 aromatic heterocycles. The van der Waals surface area contributed by atoms with E-state index in [9.17, 15) is 0 Å². The van der Waals surface area contributed by atoms with Gasteiger partial charge in [0.2, 0.25) is 0 Å². The monoisotopic (exact) mass is 347 g/mol. The van der Waals surface area contributed by atoms with Gasteiger partial charge >= 0.3 is 8.56 Å². The fourth-order valence-electron chi connectivity index (χ4n) is 2.29. The summed E-state index contributed by atoms with van der Waals surface area (Å²) >= 11 is 0. The molecule has 5 heteroatoms. The standard InChI is InChI=1S/C11H22O2Si.C5H10O2.C2H6/c1-10(2)14(11(3)4)12-8-6-5-7-9-13-14;6-4-2-1-3-5-7;1-2/h5-6,10-11H,7-9H2,1-4H3;1-2,6-7H,3-5H2;1-2H3/b6-5-;2-1-;/i;;1D. The van der Waals surface area contributed by atoms with Crippen LogP contribution >= 0.6 is 0 Å².